The summed E-state index contributed by atoms with van der Waals surface area (Å²) in [6, 6.07) is 19.9. The Labute approximate surface area is 246 Å². The molecular weight excluding hydrogens is 538 g/mol. The molecule has 1 saturated heterocycles. The molecule has 0 radical (unpaired) electrons. The van der Waals surface area contributed by atoms with Crippen LogP contribution < -0.4 is 10.6 Å². The molecule has 2 atom stereocenters. The van der Waals surface area contributed by atoms with Gasteiger partial charge in [0.1, 0.15) is 0 Å². The van der Waals surface area contributed by atoms with Crippen molar-refractivity contribution < 1.29 is 4.79 Å². The smallest absolute Gasteiger partial charge is 0.226 e. The zero-order chi connectivity index (χ0) is 28.6. The van der Waals surface area contributed by atoms with Crippen molar-refractivity contribution in [2.45, 2.75) is 53.1 Å². The molecule has 0 unspecified atom stereocenters. The van der Waals surface area contributed by atoms with E-state index < -0.39 is 0 Å². The van der Waals surface area contributed by atoms with E-state index in [2.05, 4.69) is 51.9 Å². The number of carbonyl (C=O) groups is 1. The van der Waals surface area contributed by atoms with Gasteiger partial charge in [0.25, 0.3) is 0 Å². The van der Waals surface area contributed by atoms with Gasteiger partial charge in [0.2, 0.25) is 5.91 Å². The van der Waals surface area contributed by atoms with Crippen molar-refractivity contribution in [3.05, 3.63) is 111 Å². The number of carbonyl (C=O) groups excluding carboxylic acids is 1. The van der Waals surface area contributed by atoms with Crippen molar-refractivity contribution >= 4 is 40.5 Å². The van der Waals surface area contributed by atoms with Crippen molar-refractivity contribution in [3.8, 4) is 5.69 Å². The summed E-state index contributed by atoms with van der Waals surface area (Å²) in [6.07, 6.45) is 2.10. The van der Waals surface area contributed by atoms with Crippen LogP contribution in [0.5, 0.6) is 0 Å². The molecular formula is C32H34ClN5OS. The number of benzene rings is 2. The molecule has 1 aliphatic heterocycles. The third-order valence-corrected chi connectivity index (χ3v) is 8.23. The van der Waals surface area contributed by atoms with E-state index in [1.807, 2.05) is 68.4 Å². The first-order valence-corrected chi connectivity index (χ1v) is 14.2. The van der Waals surface area contributed by atoms with Crippen LogP contribution in [0.1, 0.15) is 57.8 Å². The molecule has 4 aromatic rings. The minimum atomic E-state index is -0.162. The third kappa shape index (κ3) is 5.49. The molecule has 0 aliphatic carbocycles. The van der Waals surface area contributed by atoms with Gasteiger partial charge in [0, 0.05) is 46.9 Å². The molecule has 5 rings (SSSR count). The van der Waals surface area contributed by atoms with Crippen LogP contribution in [0.2, 0.25) is 5.02 Å². The van der Waals surface area contributed by atoms with Crippen LogP contribution in [0.4, 0.5) is 5.69 Å². The van der Waals surface area contributed by atoms with Crippen LogP contribution in [0.3, 0.4) is 0 Å². The first-order valence-electron chi connectivity index (χ1n) is 13.4. The number of hydrogen-bond acceptors (Lipinski definition) is 3. The number of hydrogen-bond donors (Lipinski definition) is 2. The van der Waals surface area contributed by atoms with Gasteiger partial charge in [-0.05, 0) is 105 Å². The lowest BCUT2D eigenvalue weighted by Crippen LogP contribution is -2.33. The Balaban J connectivity index is 1.49. The lowest BCUT2D eigenvalue weighted by molar-refractivity contribution is -0.116. The van der Waals surface area contributed by atoms with Crippen LogP contribution in [0.15, 0.2) is 66.9 Å². The highest BCUT2D eigenvalue weighted by atomic mass is 35.5. The molecule has 2 aromatic heterocycles. The second-order valence-corrected chi connectivity index (χ2v) is 11.4. The number of nitrogens with one attached hydrogen (secondary N) is 2. The van der Waals surface area contributed by atoms with E-state index in [1.54, 1.807) is 6.20 Å². The van der Waals surface area contributed by atoms with Gasteiger partial charge in [-0.1, -0.05) is 35.9 Å². The fraction of sp³-hybridized carbons (Fsp3) is 0.281. The van der Waals surface area contributed by atoms with Gasteiger partial charge in [0.05, 0.1) is 17.8 Å². The molecule has 206 valence electrons. The maximum Gasteiger partial charge on any atom is 0.226 e. The number of nitrogens with zero attached hydrogens (tertiary/aromatic N) is 3. The number of aryl methyl sites for hydroxylation is 4. The first kappa shape index (κ1) is 27.9. The van der Waals surface area contributed by atoms with Gasteiger partial charge in [-0.2, -0.15) is 0 Å². The Morgan fingerprint density at radius 3 is 2.55 bits per heavy atom. The molecule has 0 saturated carbocycles. The molecule has 0 spiro atoms. The summed E-state index contributed by atoms with van der Waals surface area (Å²) in [5, 5.41) is 7.90. The molecule has 8 heteroatoms. The summed E-state index contributed by atoms with van der Waals surface area (Å²) >= 11 is 12.3. The fourth-order valence-corrected chi connectivity index (χ4v) is 6.07. The van der Waals surface area contributed by atoms with E-state index in [0.29, 0.717) is 23.1 Å². The van der Waals surface area contributed by atoms with Gasteiger partial charge in [-0.15, -0.1) is 0 Å². The fourth-order valence-electron chi connectivity index (χ4n) is 5.57. The third-order valence-electron chi connectivity index (χ3n) is 7.65. The van der Waals surface area contributed by atoms with Crippen LogP contribution >= 0.6 is 23.8 Å². The maximum absolute atomic E-state index is 13.1. The van der Waals surface area contributed by atoms with E-state index in [4.69, 9.17) is 23.8 Å². The number of amides is 1. The molecule has 40 heavy (non-hydrogen) atoms. The summed E-state index contributed by atoms with van der Waals surface area (Å²) < 4.78 is 2.25. The monoisotopic (exact) mass is 571 g/mol. The van der Waals surface area contributed by atoms with E-state index in [1.165, 1.54) is 0 Å². The van der Waals surface area contributed by atoms with Gasteiger partial charge >= 0.3 is 0 Å². The molecule has 6 nitrogen and oxygen atoms in total. The number of rotatable bonds is 7. The van der Waals surface area contributed by atoms with Crippen molar-refractivity contribution in [2.24, 2.45) is 0 Å². The van der Waals surface area contributed by atoms with Crippen LogP contribution in [-0.2, 0) is 4.79 Å². The Kier molecular flexibility index (Phi) is 7.97. The molecule has 2 aromatic carbocycles. The largest absolute Gasteiger partial charge is 0.352 e. The Morgan fingerprint density at radius 2 is 1.80 bits per heavy atom. The topological polar surface area (TPSA) is 62.2 Å². The lowest BCUT2D eigenvalue weighted by atomic mass is 9.96. The van der Waals surface area contributed by atoms with Gasteiger partial charge in [-0.3, -0.25) is 9.78 Å². The predicted molar refractivity (Wildman–Crippen MR) is 166 cm³/mol. The summed E-state index contributed by atoms with van der Waals surface area (Å²) in [7, 11) is 0. The molecule has 1 fully saturated rings. The summed E-state index contributed by atoms with van der Waals surface area (Å²) in [5.74, 6) is -0.0449. The van der Waals surface area contributed by atoms with Gasteiger partial charge in [0.15, 0.2) is 5.11 Å². The maximum atomic E-state index is 13.1. The number of anilines is 1. The quantitative estimate of drug-likeness (QED) is 0.232. The number of halogens is 1. The van der Waals surface area contributed by atoms with E-state index in [0.717, 1.165) is 50.7 Å². The summed E-state index contributed by atoms with van der Waals surface area (Å²) in [4.78, 5) is 19.9. The number of thiocarbonyl (C=S) groups is 1. The molecule has 0 bridgehead atoms. The normalized spacial score (nSPS) is 16.8. The number of pyridine rings is 1. The van der Waals surface area contributed by atoms with Gasteiger partial charge < -0.3 is 20.1 Å². The standard InChI is InChI=1S/C32H34ClN5OS/c1-19-9-10-20(2)27(16-19)35-29(39)13-15-37-31(30(36-32(37)40)26-8-6-7-14-34-26)25-17-22(4)38(23(25)5)28-18-24(33)12-11-21(28)3/h6-12,14,16-18,30-31H,13,15H2,1-5H3,(H,35,39)(H,36,40)/t30-,31+/m0/s1. The van der Waals surface area contributed by atoms with Crippen LogP contribution in [0.25, 0.3) is 5.69 Å². The van der Waals surface area contributed by atoms with Crippen molar-refractivity contribution in [2.75, 3.05) is 11.9 Å². The van der Waals surface area contributed by atoms with Crippen molar-refractivity contribution in [3.63, 3.8) is 0 Å². The Hall–Kier alpha value is -3.68. The van der Waals surface area contributed by atoms with Crippen LogP contribution in [0, 0.1) is 34.6 Å². The van der Waals surface area contributed by atoms with E-state index >= 15 is 0 Å². The second kappa shape index (κ2) is 11.4. The summed E-state index contributed by atoms with van der Waals surface area (Å²) in [6.45, 7) is 10.8. The van der Waals surface area contributed by atoms with E-state index in [9.17, 15) is 4.79 Å². The second-order valence-electron chi connectivity index (χ2n) is 10.5. The van der Waals surface area contributed by atoms with Crippen molar-refractivity contribution in [1.82, 2.24) is 19.8 Å². The minimum Gasteiger partial charge on any atom is -0.352 e. The highest BCUT2D eigenvalue weighted by Crippen LogP contribution is 2.41. The highest BCUT2D eigenvalue weighted by Gasteiger charge is 2.41. The van der Waals surface area contributed by atoms with Crippen molar-refractivity contribution in [1.29, 1.82) is 0 Å². The zero-order valence-corrected chi connectivity index (χ0v) is 25.0. The number of aromatic nitrogens is 2. The molecule has 3 heterocycles. The van der Waals surface area contributed by atoms with Gasteiger partial charge in [-0.25, -0.2) is 0 Å². The molecule has 2 N–H and O–H groups in total. The highest BCUT2D eigenvalue weighted by molar-refractivity contribution is 7.80. The zero-order valence-electron chi connectivity index (χ0n) is 23.5. The first-order chi connectivity index (χ1) is 19.1. The summed E-state index contributed by atoms with van der Waals surface area (Å²) in [5.41, 5.74) is 9.41. The molecule has 1 amide bonds. The van der Waals surface area contributed by atoms with Crippen LogP contribution in [-0.4, -0.2) is 32.0 Å². The average molecular weight is 572 g/mol. The Bertz CT molecular complexity index is 1580. The SMILES string of the molecule is Cc1ccc(C)c(NC(=O)CCN2C(=S)N[C@@H](c3ccccn3)[C@H]2c2cc(C)n(-c3cc(Cl)ccc3C)c2C)c1. The molecule has 1 aliphatic rings. The minimum absolute atomic E-state index is 0.0449. The van der Waals surface area contributed by atoms with E-state index in [-0.39, 0.29) is 18.0 Å². The average Bonchev–Trinajstić information content (AvgIpc) is 3.41. The Morgan fingerprint density at radius 1 is 1.02 bits per heavy atom. The lowest BCUT2D eigenvalue weighted by Gasteiger charge is -2.28. The predicted octanol–water partition coefficient (Wildman–Crippen LogP) is 7.07.